The van der Waals surface area contributed by atoms with Gasteiger partial charge >= 0.3 is 0 Å². The molecule has 1 amide bonds. The first-order valence-corrected chi connectivity index (χ1v) is 11.8. The van der Waals surface area contributed by atoms with Crippen molar-refractivity contribution < 1.29 is 18.7 Å². The first-order chi connectivity index (χ1) is 17.5. The van der Waals surface area contributed by atoms with Gasteiger partial charge in [-0.3, -0.25) is 4.79 Å². The van der Waals surface area contributed by atoms with Crippen LogP contribution >= 0.6 is 0 Å². The van der Waals surface area contributed by atoms with Gasteiger partial charge in [-0.15, -0.1) is 0 Å². The number of benzene rings is 1. The summed E-state index contributed by atoms with van der Waals surface area (Å²) in [5, 5.41) is 0. The number of amides is 1. The molecule has 11 nitrogen and oxygen atoms in total. The Kier molecular flexibility index (Phi) is 6.76. The number of carbonyl (C=O) groups excluding carboxylic acids is 1. The molecule has 2 fully saturated rings. The van der Waals surface area contributed by atoms with Gasteiger partial charge in [-0.05, 0) is 37.1 Å². The lowest BCUT2D eigenvalue weighted by molar-refractivity contribution is 0.0527. The van der Waals surface area contributed by atoms with Crippen LogP contribution in [0.1, 0.15) is 23.2 Å². The van der Waals surface area contributed by atoms with Crippen molar-refractivity contribution in [3.63, 3.8) is 0 Å². The van der Waals surface area contributed by atoms with Crippen LogP contribution in [0.25, 0.3) is 11.3 Å². The molecule has 2 aliphatic heterocycles. The number of likely N-dealkylation sites (tertiary alicyclic amines) is 1. The highest BCUT2D eigenvalue weighted by Crippen LogP contribution is 2.29. The number of carbonyl (C=O) groups is 1. The third kappa shape index (κ3) is 5.28. The predicted molar refractivity (Wildman–Crippen MR) is 131 cm³/mol. The van der Waals surface area contributed by atoms with Gasteiger partial charge in [0.2, 0.25) is 17.8 Å². The van der Waals surface area contributed by atoms with E-state index in [0.717, 1.165) is 12.8 Å². The largest absolute Gasteiger partial charge is 0.472 e. The van der Waals surface area contributed by atoms with Crippen LogP contribution in [0.15, 0.2) is 36.5 Å². The van der Waals surface area contributed by atoms with E-state index in [-0.39, 0.29) is 29.6 Å². The fourth-order valence-electron chi connectivity index (χ4n) is 4.29. The molecular formula is C24H27FN8O3. The van der Waals surface area contributed by atoms with Crippen molar-refractivity contribution in [2.75, 3.05) is 55.8 Å². The van der Waals surface area contributed by atoms with Crippen molar-refractivity contribution >= 4 is 23.6 Å². The molecular weight excluding hydrogens is 467 g/mol. The first-order valence-electron chi connectivity index (χ1n) is 11.8. The second kappa shape index (κ2) is 10.3. The molecule has 2 saturated heterocycles. The van der Waals surface area contributed by atoms with Crippen LogP contribution in [0.3, 0.4) is 0 Å². The van der Waals surface area contributed by atoms with Crippen molar-refractivity contribution in [2.24, 2.45) is 0 Å². The third-order valence-electron chi connectivity index (χ3n) is 6.14. The van der Waals surface area contributed by atoms with E-state index in [1.807, 2.05) is 4.90 Å². The zero-order valence-electron chi connectivity index (χ0n) is 19.6. The maximum Gasteiger partial charge on any atom is 0.253 e. The summed E-state index contributed by atoms with van der Waals surface area (Å²) in [6.07, 6.45) is 2.77. The van der Waals surface area contributed by atoms with Crippen molar-refractivity contribution in [3.05, 3.63) is 47.9 Å². The van der Waals surface area contributed by atoms with Crippen LogP contribution in [0.4, 0.5) is 22.1 Å². The fraction of sp³-hybridized carbons (Fsp3) is 0.375. The fourth-order valence-corrected chi connectivity index (χ4v) is 4.29. The molecule has 36 heavy (non-hydrogen) atoms. The van der Waals surface area contributed by atoms with Crippen molar-refractivity contribution in [2.45, 2.75) is 18.9 Å². The Morgan fingerprint density at radius 3 is 2.61 bits per heavy atom. The number of nitrogens with two attached hydrogens (primary N) is 2. The lowest BCUT2D eigenvalue weighted by Gasteiger charge is -2.33. The number of piperidine rings is 1. The van der Waals surface area contributed by atoms with Crippen LogP contribution in [0.5, 0.6) is 5.88 Å². The molecule has 3 aromatic rings. The summed E-state index contributed by atoms with van der Waals surface area (Å²) in [7, 11) is 0. The summed E-state index contributed by atoms with van der Waals surface area (Å²) in [5.41, 5.74) is 13.2. The molecule has 12 heteroatoms. The quantitative estimate of drug-likeness (QED) is 0.538. The van der Waals surface area contributed by atoms with Gasteiger partial charge < -0.3 is 30.7 Å². The first kappa shape index (κ1) is 23.7. The second-order valence-electron chi connectivity index (χ2n) is 8.66. The molecule has 1 aromatic carbocycles. The minimum Gasteiger partial charge on any atom is -0.472 e. The number of rotatable bonds is 5. The Morgan fingerprint density at radius 1 is 1.08 bits per heavy atom. The SMILES string of the molecule is Nc1ncc(-c2cc(O[C@H]3CCCN(C(=O)c4ccc(F)cc4)C3)nc(N3CCOCC3)n2)c(N)n1. The number of nitrogens with zero attached hydrogens (tertiary/aromatic N) is 6. The highest BCUT2D eigenvalue weighted by atomic mass is 19.1. The zero-order valence-corrected chi connectivity index (χ0v) is 19.6. The number of morpholine rings is 1. The average Bonchev–Trinajstić information content (AvgIpc) is 2.89. The Morgan fingerprint density at radius 2 is 1.86 bits per heavy atom. The molecule has 188 valence electrons. The monoisotopic (exact) mass is 494 g/mol. The van der Waals surface area contributed by atoms with E-state index in [1.165, 1.54) is 30.5 Å². The van der Waals surface area contributed by atoms with Gasteiger partial charge in [-0.1, -0.05) is 0 Å². The lowest BCUT2D eigenvalue weighted by atomic mass is 10.1. The van der Waals surface area contributed by atoms with Gasteiger partial charge in [-0.25, -0.2) is 14.4 Å². The minimum atomic E-state index is -0.380. The molecule has 4 N–H and O–H groups in total. The summed E-state index contributed by atoms with van der Waals surface area (Å²) >= 11 is 0. The molecule has 0 saturated carbocycles. The van der Waals surface area contributed by atoms with Crippen molar-refractivity contribution in [1.29, 1.82) is 0 Å². The summed E-state index contributed by atoms with van der Waals surface area (Å²) in [6, 6.07) is 7.25. The molecule has 5 rings (SSSR count). The molecule has 0 spiro atoms. The summed E-state index contributed by atoms with van der Waals surface area (Å²) in [5.74, 6) is 0.578. The molecule has 0 unspecified atom stereocenters. The van der Waals surface area contributed by atoms with E-state index in [1.54, 1.807) is 11.0 Å². The number of nitrogen functional groups attached to an aromatic ring is 2. The van der Waals surface area contributed by atoms with Gasteiger partial charge in [0.05, 0.1) is 31.0 Å². The van der Waals surface area contributed by atoms with E-state index < -0.39 is 0 Å². The van der Waals surface area contributed by atoms with Crippen LogP contribution < -0.4 is 21.1 Å². The van der Waals surface area contributed by atoms with E-state index >= 15 is 0 Å². The molecule has 4 heterocycles. The number of hydrogen-bond donors (Lipinski definition) is 2. The molecule has 2 aromatic heterocycles. The molecule has 2 aliphatic rings. The number of hydrogen-bond acceptors (Lipinski definition) is 10. The molecule has 1 atom stereocenters. The Bertz CT molecular complexity index is 1240. The van der Waals surface area contributed by atoms with Crippen molar-refractivity contribution in [3.8, 4) is 17.1 Å². The van der Waals surface area contributed by atoms with Crippen LogP contribution in [-0.4, -0.2) is 76.2 Å². The van der Waals surface area contributed by atoms with Crippen LogP contribution in [-0.2, 0) is 4.74 Å². The van der Waals surface area contributed by atoms with Gasteiger partial charge in [0.25, 0.3) is 5.91 Å². The van der Waals surface area contributed by atoms with Gasteiger partial charge in [0.1, 0.15) is 17.7 Å². The van der Waals surface area contributed by atoms with Gasteiger partial charge in [0.15, 0.2) is 0 Å². The number of ether oxygens (including phenoxy) is 2. The topological polar surface area (TPSA) is 146 Å². The number of halogens is 1. The third-order valence-corrected chi connectivity index (χ3v) is 6.14. The summed E-state index contributed by atoms with van der Waals surface area (Å²) in [6.45, 7) is 3.40. The Hall–Kier alpha value is -4.06. The van der Waals surface area contributed by atoms with E-state index in [4.69, 9.17) is 20.9 Å². The van der Waals surface area contributed by atoms with Crippen LogP contribution in [0, 0.1) is 5.82 Å². The van der Waals surface area contributed by atoms with E-state index in [9.17, 15) is 9.18 Å². The second-order valence-corrected chi connectivity index (χ2v) is 8.66. The van der Waals surface area contributed by atoms with E-state index in [2.05, 4.69) is 19.9 Å². The lowest BCUT2D eigenvalue weighted by Crippen LogP contribution is -2.44. The average molecular weight is 495 g/mol. The normalized spacial score (nSPS) is 18.2. The van der Waals surface area contributed by atoms with Gasteiger partial charge in [-0.2, -0.15) is 9.97 Å². The maximum atomic E-state index is 13.3. The summed E-state index contributed by atoms with van der Waals surface area (Å²) in [4.78, 5) is 34.1. The minimum absolute atomic E-state index is 0.0725. The summed E-state index contributed by atoms with van der Waals surface area (Å²) < 4.78 is 25.0. The molecule has 0 bridgehead atoms. The number of aromatic nitrogens is 4. The molecule has 0 radical (unpaired) electrons. The van der Waals surface area contributed by atoms with E-state index in [0.29, 0.717) is 68.0 Å². The Labute approximate surface area is 207 Å². The van der Waals surface area contributed by atoms with Crippen molar-refractivity contribution in [1.82, 2.24) is 24.8 Å². The van der Waals surface area contributed by atoms with Crippen LogP contribution in [0.2, 0.25) is 0 Å². The highest BCUT2D eigenvalue weighted by Gasteiger charge is 2.27. The maximum absolute atomic E-state index is 13.3. The Balaban J connectivity index is 1.39. The standard InChI is InChI=1S/C24H27FN8O3/c25-16-5-3-15(4-6-16)22(34)33-7-1-2-17(14-33)36-20-12-19(18-13-28-23(27)31-21(18)26)29-24(30-20)32-8-10-35-11-9-32/h3-6,12-13,17H,1-2,7-11,14H2,(H4,26,27,28,31)/t17-/m0/s1. The smallest absolute Gasteiger partial charge is 0.253 e. The highest BCUT2D eigenvalue weighted by molar-refractivity contribution is 5.94. The number of anilines is 3. The van der Waals surface area contributed by atoms with Gasteiger partial charge in [0, 0.05) is 37.5 Å². The molecule has 0 aliphatic carbocycles. The predicted octanol–water partition coefficient (Wildman–Crippen LogP) is 1.76. The zero-order chi connectivity index (χ0) is 25.1.